The van der Waals surface area contributed by atoms with Gasteiger partial charge in [0.15, 0.2) is 0 Å². The number of rotatable bonds is 7. The number of carbonyl (C=O) groups excluding carboxylic acids is 2. The third-order valence-electron chi connectivity index (χ3n) is 4.69. The Morgan fingerprint density at radius 3 is 2.57 bits per heavy atom. The molecule has 1 aromatic heterocycles. The molecule has 0 saturated carbocycles. The maximum Gasteiger partial charge on any atom is 0.286 e. The average Bonchev–Trinajstić information content (AvgIpc) is 3.29. The summed E-state index contributed by atoms with van der Waals surface area (Å²) in [4.78, 5) is 27.3. The summed E-state index contributed by atoms with van der Waals surface area (Å²) >= 11 is 1.01. The number of aromatic nitrogens is 1. The highest BCUT2D eigenvalue weighted by atomic mass is 32.2. The van der Waals surface area contributed by atoms with Crippen molar-refractivity contribution in [2.24, 2.45) is 0 Å². The number of hydrogen-bond acceptors (Lipinski definition) is 7. The molecule has 0 spiro atoms. The Morgan fingerprint density at radius 2 is 1.90 bits per heavy atom. The van der Waals surface area contributed by atoms with Crippen LogP contribution in [0.3, 0.4) is 0 Å². The summed E-state index contributed by atoms with van der Waals surface area (Å²) in [5, 5.41) is 12.1. The molecular weight excluding hydrogens is 404 g/mol. The maximum atomic E-state index is 11.7. The SMILES string of the molecule is Cc1oc(-c2ccccc2)nc1C(O)COc1ccc(CC2SC(=O)NC2=O)cc1. The topological polar surface area (TPSA) is 102 Å². The maximum absolute atomic E-state index is 11.7. The predicted octanol–water partition coefficient (Wildman–Crippen LogP) is 3.66. The zero-order valence-electron chi connectivity index (χ0n) is 16.2. The molecule has 8 heteroatoms. The van der Waals surface area contributed by atoms with Crippen LogP contribution in [-0.4, -0.2) is 33.1 Å². The molecule has 30 heavy (non-hydrogen) atoms. The Bertz CT molecular complexity index is 1050. The van der Waals surface area contributed by atoms with Crippen LogP contribution in [0.5, 0.6) is 5.75 Å². The van der Waals surface area contributed by atoms with E-state index in [0.29, 0.717) is 29.5 Å². The number of imide groups is 1. The van der Waals surface area contributed by atoms with Gasteiger partial charge in [-0.25, -0.2) is 4.98 Å². The van der Waals surface area contributed by atoms with Gasteiger partial charge in [-0.1, -0.05) is 42.1 Å². The number of nitrogens with zero attached hydrogens (tertiary/aromatic N) is 1. The number of nitrogens with one attached hydrogen (secondary N) is 1. The first kappa shape index (κ1) is 20.2. The number of ether oxygens (including phenoxy) is 1. The predicted molar refractivity (Wildman–Crippen MR) is 112 cm³/mol. The minimum Gasteiger partial charge on any atom is -0.490 e. The quantitative estimate of drug-likeness (QED) is 0.597. The highest BCUT2D eigenvalue weighted by Crippen LogP contribution is 2.27. The first-order valence-electron chi connectivity index (χ1n) is 9.43. The number of aliphatic hydroxyl groups excluding tert-OH is 1. The number of aliphatic hydroxyl groups is 1. The van der Waals surface area contributed by atoms with Gasteiger partial charge in [0.25, 0.3) is 5.24 Å². The fourth-order valence-corrected chi connectivity index (χ4v) is 4.00. The molecule has 154 valence electrons. The zero-order chi connectivity index (χ0) is 21.1. The molecule has 1 aliphatic heterocycles. The van der Waals surface area contributed by atoms with E-state index in [1.165, 1.54) is 0 Å². The molecule has 7 nitrogen and oxygen atoms in total. The molecule has 0 radical (unpaired) electrons. The van der Waals surface area contributed by atoms with Gasteiger partial charge in [0, 0.05) is 5.56 Å². The molecule has 2 N–H and O–H groups in total. The average molecular weight is 424 g/mol. The zero-order valence-corrected chi connectivity index (χ0v) is 17.0. The van der Waals surface area contributed by atoms with Crippen molar-refractivity contribution in [1.29, 1.82) is 0 Å². The van der Waals surface area contributed by atoms with Gasteiger partial charge in [0.05, 0.1) is 5.25 Å². The second kappa shape index (κ2) is 8.73. The standard InChI is InChI=1S/C22H20N2O5S/c1-13-19(23-21(29-13)15-5-3-2-4-6-15)17(25)12-28-16-9-7-14(8-10-16)11-18-20(26)24-22(27)30-18/h2-10,17-18,25H,11-12H2,1H3,(H,24,26,27). The highest BCUT2D eigenvalue weighted by Gasteiger charge is 2.31. The molecular formula is C22H20N2O5S. The van der Waals surface area contributed by atoms with Crippen molar-refractivity contribution in [3.05, 3.63) is 71.6 Å². The molecule has 3 aromatic rings. The van der Waals surface area contributed by atoms with Gasteiger partial charge in [-0.05, 0) is 43.2 Å². The lowest BCUT2D eigenvalue weighted by Crippen LogP contribution is -2.25. The summed E-state index contributed by atoms with van der Waals surface area (Å²) in [5.41, 5.74) is 2.20. The summed E-state index contributed by atoms with van der Waals surface area (Å²) in [7, 11) is 0. The first-order chi connectivity index (χ1) is 14.5. The van der Waals surface area contributed by atoms with Crippen molar-refractivity contribution in [3.63, 3.8) is 0 Å². The number of thioether (sulfide) groups is 1. The third kappa shape index (κ3) is 4.55. The Morgan fingerprint density at radius 1 is 1.17 bits per heavy atom. The Balaban J connectivity index is 1.35. The van der Waals surface area contributed by atoms with Gasteiger partial charge in [-0.15, -0.1) is 0 Å². The fourth-order valence-electron chi connectivity index (χ4n) is 3.14. The van der Waals surface area contributed by atoms with Gasteiger partial charge < -0.3 is 14.3 Å². The van der Waals surface area contributed by atoms with E-state index in [9.17, 15) is 14.7 Å². The monoisotopic (exact) mass is 424 g/mol. The van der Waals surface area contributed by atoms with Gasteiger partial charge in [0.2, 0.25) is 11.8 Å². The number of amides is 2. The molecule has 0 bridgehead atoms. The highest BCUT2D eigenvalue weighted by molar-refractivity contribution is 8.15. The molecule has 4 rings (SSSR count). The lowest BCUT2D eigenvalue weighted by atomic mass is 10.1. The summed E-state index contributed by atoms with van der Waals surface area (Å²) in [6.07, 6.45) is -0.471. The van der Waals surface area contributed by atoms with Crippen LogP contribution >= 0.6 is 11.8 Å². The van der Waals surface area contributed by atoms with E-state index < -0.39 is 11.4 Å². The van der Waals surface area contributed by atoms with E-state index in [1.54, 1.807) is 19.1 Å². The lowest BCUT2D eigenvalue weighted by Gasteiger charge is -2.12. The summed E-state index contributed by atoms with van der Waals surface area (Å²) in [6.45, 7) is 1.78. The Hall–Kier alpha value is -3.10. The fraction of sp³-hybridized carbons (Fsp3) is 0.227. The number of aryl methyl sites for hydroxylation is 1. The smallest absolute Gasteiger partial charge is 0.286 e. The minimum absolute atomic E-state index is 0.0241. The van der Waals surface area contributed by atoms with Crippen LogP contribution in [0, 0.1) is 6.92 Å². The van der Waals surface area contributed by atoms with Crippen LogP contribution in [0.2, 0.25) is 0 Å². The van der Waals surface area contributed by atoms with Crippen molar-refractivity contribution < 1.29 is 23.8 Å². The molecule has 1 aliphatic rings. The lowest BCUT2D eigenvalue weighted by molar-refractivity contribution is -0.118. The number of carbonyl (C=O) groups is 2. The second-order valence-electron chi connectivity index (χ2n) is 6.88. The third-order valence-corrected chi connectivity index (χ3v) is 5.67. The summed E-state index contributed by atoms with van der Waals surface area (Å²) in [5.74, 6) is 1.33. The summed E-state index contributed by atoms with van der Waals surface area (Å²) in [6, 6.07) is 16.7. The Labute approximate surface area is 177 Å². The number of benzene rings is 2. The van der Waals surface area contributed by atoms with Crippen LogP contribution in [-0.2, 0) is 11.2 Å². The largest absolute Gasteiger partial charge is 0.490 e. The van der Waals surface area contributed by atoms with E-state index in [0.717, 1.165) is 22.9 Å². The molecule has 2 amide bonds. The molecule has 2 unspecified atom stereocenters. The molecule has 1 fully saturated rings. The van der Waals surface area contributed by atoms with Crippen molar-refractivity contribution in [1.82, 2.24) is 10.3 Å². The molecule has 0 aliphatic carbocycles. The van der Waals surface area contributed by atoms with Crippen molar-refractivity contribution in [2.45, 2.75) is 24.7 Å². The van der Waals surface area contributed by atoms with Gasteiger partial charge in [-0.3, -0.25) is 14.9 Å². The van der Waals surface area contributed by atoms with Crippen LogP contribution in [0.15, 0.2) is 59.0 Å². The summed E-state index contributed by atoms with van der Waals surface area (Å²) < 4.78 is 11.4. The van der Waals surface area contributed by atoms with Crippen LogP contribution in [0.4, 0.5) is 4.79 Å². The molecule has 2 atom stereocenters. The molecule has 2 heterocycles. The van der Waals surface area contributed by atoms with E-state index in [1.807, 2.05) is 42.5 Å². The minimum atomic E-state index is -0.935. The van der Waals surface area contributed by atoms with Crippen LogP contribution in [0.25, 0.3) is 11.5 Å². The van der Waals surface area contributed by atoms with Gasteiger partial charge in [-0.2, -0.15) is 0 Å². The molecule has 2 aromatic carbocycles. The van der Waals surface area contributed by atoms with E-state index in [-0.39, 0.29) is 17.8 Å². The molecule has 1 saturated heterocycles. The van der Waals surface area contributed by atoms with E-state index >= 15 is 0 Å². The van der Waals surface area contributed by atoms with Crippen molar-refractivity contribution >= 4 is 22.9 Å². The number of oxazole rings is 1. The van der Waals surface area contributed by atoms with Crippen LogP contribution in [0.1, 0.15) is 23.1 Å². The van der Waals surface area contributed by atoms with Crippen molar-refractivity contribution in [2.75, 3.05) is 6.61 Å². The number of hydrogen-bond donors (Lipinski definition) is 2. The van der Waals surface area contributed by atoms with Crippen LogP contribution < -0.4 is 10.1 Å². The second-order valence-corrected chi connectivity index (χ2v) is 8.06. The Kier molecular flexibility index (Phi) is 5.87. The normalized spacial score (nSPS) is 17.1. The first-order valence-corrected chi connectivity index (χ1v) is 10.3. The van der Waals surface area contributed by atoms with E-state index in [4.69, 9.17) is 9.15 Å². The van der Waals surface area contributed by atoms with E-state index in [2.05, 4.69) is 10.3 Å². The van der Waals surface area contributed by atoms with Gasteiger partial charge in [0.1, 0.15) is 29.9 Å². The van der Waals surface area contributed by atoms with Crippen molar-refractivity contribution in [3.8, 4) is 17.2 Å². The van der Waals surface area contributed by atoms with Gasteiger partial charge >= 0.3 is 0 Å².